The number of aryl methyl sites for hydroxylation is 1. The normalized spacial score (nSPS) is 16.6. The summed E-state index contributed by atoms with van der Waals surface area (Å²) in [6, 6.07) is 18.3. The molecule has 0 spiro atoms. The number of benzene rings is 3. The van der Waals surface area contributed by atoms with Crippen LogP contribution in [0.15, 0.2) is 77.8 Å². The van der Waals surface area contributed by atoms with Gasteiger partial charge < -0.3 is 16.4 Å². The number of anilines is 1. The Kier molecular flexibility index (Phi) is 8.32. The maximum Gasteiger partial charge on any atom is 0.389 e. The van der Waals surface area contributed by atoms with Gasteiger partial charge in [0, 0.05) is 17.5 Å². The first kappa shape index (κ1) is 28.5. The monoisotopic (exact) mass is 554 g/mol. The number of benzodiazepines with no additional fused rings is 1. The van der Waals surface area contributed by atoms with Crippen LogP contribution in [0.4, 0.5) is 23.2 Å². The summed E-state index contributed by atoms with van der Waals surface area (Å²) in [7, 11) is 0. The fourth-order valence-electron chi connectivity index (χ4n) is 4.68. The lowest BCUT2D eigenvalue weighted by Crippen LogP contribution is -2.47. The molecule has 1 heterocycles. The van der Waals surface area contributed by atoms with Crippen molar-refractivity contribution in [3.05, 3.63) is 101 Å². The molecule has 0 bridgehead atoms. The minimum atomic E-state index is -4.61. The van der Waals surface area contributed by atoms with Gasteiger partial charge in [-0.25, -0.2) is 9.38 Å². The van der Waals surface area contributed by atoms with Crippen LogP contribution in [0.3, 0.4) is 0 Å². The van der Waals surface area contributed by atoms with Crippen molar-refractivity contribution < 1.29 is 31.9 Å². The van der Waals surface area contributed by atoms with E-state index in [0.717, 1.165) is 0 Å². The van der Waals surface area contributed by atoms with Crippen molar-refractivity contribution in [3.8, 4) is 0 Å². The molecule has 11 heteroatoms. The molecule has 1 aliphatic rings. The van der Waals surface area contributed by atoms with Crippen LogP contribution < -0.4 is 16.4 Å². The third-order valence-electron chi connectivity index (χ3n) is 6.62. The van der Waals surface area contributed by atoms with Crippen molar-refractivity contribution in [1.82, 2.24) is 5.32 Å². The van der Waals surface area contributed by atoms with Crippen molar-refractivity contribution >= 4 is 29.1 Å². The first-order valence-corrected chi connectivity index (χ1v) is 12.4. The van der Waals surface area contributed by atoms with Gasteiger partial charge >= 0.3 is 6.18 Å². The number of carbonyl (C=O) groups excluding carboxylic acids is 3. The van der Waals surface area contributed by atoms with Crippen molar-refractivity contribution in [1.29, 1.82) is 0 Å². The Morgan fingerprint density at radius 1 is 1.02 bits per heavy atom. The quantitative estimate of drug-likeness (QED) is 0.354. The molecule has 208 valence electrons. The zero-order valence-electron chi connectivity index (χ0n) is 21.3. The van der Waals surface area contributed by atoms with E-state index in [0.29, 0.717) is 22.4 Å². The van der Waals surface area contributed by atoms with Crippen molar-refractivity contribution in [2.45, 2.75) is 38.0 Å². The number of carbonyl (C=O) groups is 3. The van der Waals surface area contributed by atoms with Crippen LogP contribution in [0.2, 0.25) is 0 Å². The van der Waals surface area contributed by atoms with E-state index in [1.807, 2.05) is 0 Å². The second-order valence-corrected chi connectivity index (χ2v) is 9.43. The molecule has 3 amide bonds. The molecule has 0 radical (unpaired) electrons. The number of para-hydroxylation sites is 1. The smallest absolute Gasteiger partial charge is 0.369 e. The van der Waals surface area contributed by atoms with E-state index >= 15 is 0 Å². The van der Waals surface area contributed by atoms with Gasteiger partial charge in [0.1, 0.15) is 5.82 Å². The Labute approximate surface area is 227 Å². The van der Waals surface area contributed by atoms with Crippen molar-refractivity contribution in [2.24, 2.45) is 16.6 Å². The minimum Gasteiger partial charge on any atom is -0.369 e. The standard InChI is InChI=1S/C29H26F4N4O3/c1-16-6-5-9-21-23(16)36-28(40)26(35-24(21)18-10-12-19(30)13-11-18)37-27(39)20(14-15-29(31,32)33)22(25(34)38)17-7-3-2-4-8-17/h2-13,20,22,26H,14-15H2,1H3,(H2,34,38)(H,36,40)(H,37,39)/t20-,22+,26-/m1/s1. The lowest BCUT2D eigenvalue weighted by molar-refractivity contribution is -0.144. The summed E-state index contributed by atoms with van der Waals surface area (Å²) < 4.78 is 53.3. The van der Waals surface area contributed by atoms with Crippen LogP contribution >= 0.6 is 0 Å². The highest BCUT2D eigenvalue weighted by Gasteiger charge is 2.39. The molecule has 40 heavy (non-hydrogen) atoms. The zero-order valence-corrected chi connectivity index (χ0v) is 21.3. The number of aliphatic imine (C=N–C) groups is 1. The highest BCUT2D eigenvalue weighted by atomic mass is 19.4. The van der Waals surface area contributed by atoms with Gasteiger partial charge in [0.05, 0.1) is 23.2 Å². The summed E-state index contributed by atoms with van der Waals surface area (Å²) >= 11 is 0. The number of hydrogen-bond acceptors (Lipinski definition) is 4. The van der Waals surface area contributed by atoms with E-state index in [-0.39, 0.29) is 11.3 Å². The highest BCUT2D eigenvalue weighted by molar-refractivity contribution is 6.20. The second kappa shape index (κ2) is 11.7. The summed E-state index contributed by atoms with van der Waals surface area (Å²) in [6.07, 6.45) is -8.28. The van der Waals surface area contributed by atoms with Crippen molar-refractivity contribution in [2.75, 3.05) is 5.32 Å². The Hall–Kier alpha value is -4.54. The lowest BCUT2D eigenvalue weighted by atomic mass is 9.81. The molecule has 4 rings (SSSR count). The number of amides is 3. The molecule has 7 nitrogen and oxygen atoms in total. The number of alkyl halides is 3. The van der Waals surface area contributed by atoms with Gasteiger partial charge in [0.15, 0.2) is 0 Å². The molecule has 3 atom stereocenters. The molecule has 0 fully saturated rings. The molecule has 3 aromatic rings. The third kappa shape index (κ3) is 6.53. The molecule has 0 saturated carbocycles. The van der Waals surface area contributed by atoms with Gasteiger partial charge in [-0.3, -0.25) is 14.4 Å². The molecule has 0 saturated heterocycles. The fraction of sp³-hybridized carbons (Fsp3) is 0.241. The minimum absolute atomic E-state index is 0.253. The summed E-state index contributed by atoms with van der Waals surface area (Å²) in [5, 5.41) is 5.15. The highest BCUT2D eigenvalue weighted by Crippen LogP contribution is 2.33. The summed E-state index contributed by atoms with van der Waals surface area (Å²) in [5.74, 6) is -6.17. The number of nitrogens with two attached hydrogens (primary N) is 1. The molecule has 4 N–H and O–H groups in total. The fourth-order valence-corrected chi connectivity index (χ4v) is 4.68. The molecular formula is C29H26F4N4O3. The SMILES string of the molecule is Cc1cccc2c1NC(=O)[C@@H](NC(=O)[C@H](CCC(F)(F)F)[C@@H](C(N)=O)c1ccccc1)N=C2c1ccc(F)cc1. The topological polar surface area (TPSA) is 114 Å². The largest absolute Gasteiger partial charge is 0.389 e. The molecule has 0 unspecified atom stereocenters. The molecule has 0 aliphatic carbocycles. The number of primary amides is 1. The number of fused-ring (bicyclic) bond motifs is 1. The first-order valence-electron chi connectivity index (χ1n) is 12.4. The average Bonchev–Trinajstić information content (AvgIpc) is 3.04. The van der Waals surface area contributed by atoms with Gasteiger partial charge in [0.25, 0.3) is 5.91 Å². The maximum absolute atomic E-state index is 13.6. The Bertz CT molecular complexity index is 1440. The maximum atomic E-state index is 13.6. The number of hydrogen-bond donors (Lipinski definition) is 3. The number of nitrogens with zero attached hydrogens (tertiary/aromatic N) is 1. The van der Waals surface area contributed by atoms with Crippen LogP contribution in [0.1, 0.15) is 41.0 Å². The van der Waals surface area contributed by atoms with Crippen LogP contribution in [0.5, 0.6) is 0 Å². The van der Waals surface area contributed by atoms with Crippen LogP contribution in [-0.2, 0) is 14.4 Å². The Morgan fingerprint density at radius 3 is 2.33 bits per heavy atom. The lowest BCUT2D eigenvalue weighted by Gasteiger charge is -2.26. The first-order chi connectivity index (χ1) is 18.9. The van der Waals surface area contributed by atoms with Gasteiger partial charge in [-0.15, -0.1) is 0 Å². The molecule has 0 aromatic heterocycles. The van der Waals surface area contributed by atoms with Crippen LogP contribution in [0.25, 0.3) is 0 Å². The average molecular weight is 555 g/mol. The third-order valence-corrected chi connectivity index (χ3v) is 6.62. The molecule has 3 aromatic carbocycles. The van der Waals surface area contributed by atoms with Gasteiger partial charge in [-0.1, -0.05) is 48.5 Å². The predicted molar refractivity (Wildman–Crippen MR) is 141 cm³/mol. The zero-order chi connectivity index (χ0) is 29.0. The molecular weight excluding hydrogens is 528 g/mol. The molecule has 1 aliphatic heterocycles. The Morgan fingerprint density at radius 2 is 1.70 bits per heavy atom. The van der Waals surface area contributed by atoms with Crippen LogP contribution in [-0.4, -0.2) is 35.8 Å². The van der Waals surface area contributed by atoms with E-state index in [9.17, 15) is 31.9 Å². The number of halogens is 4. The van der Waals surface area contributed by atoms with Gasteiger partial charge in [-0.05, 0) is 48.7 Å². The summed E-state index contributed by atoms with van der Waals surface area (Å²) in [6.45, 7) is 1.75. The number of nitrogens with one attached hydrogen (secondary N) is 2. The van der Waals surface area contributed by atoms with Crippen LogP contribution in [0, 0.1) is 18.7 Å². The van der Waals surface area contributed by atoms with E-state index < -0.39 is 60.6 Å². The predicted octanol–water partition coefficient (Wildman–Crippen LogP) is 4.59. The van der Waals surface area contributed by atoms with Gasteiger partial charge in [-0.2, -0.15) is 13.2 Å². The Balaban J connectivity index is 1.74. The van der Waals surface area contributed by atoms with Gasteiger partial charge in [0.2, 0.25) is 18.0 Å². The number of rotatable bonds is 8. The van der Waals surface area contributed by atoms with E-state index in [1.165, 1.54) is 36.4 Å². The van der Waals surface area contributed by atoms with E-state index in [2.05, 4.69) is 15.6 Å². The van der Waals surface area contributed by atoms with Crippen molar-refractivity contribution in [3.63, 3.8) is 0 Å². The van der Waals surface area contributed by atoms with E-state index in [4.69, 9.17) is 5.73 Å². The summed E-state index contributed by atoms with van der Waals surface area (Å²) in [5.41, 5.74) is 8.15. The summed E-state index contributed by atoms with van der Waals surface area (Å²) in [4.78, 5) is 43.7. The van der Waals surface area contributed by atoms with E-state index in [1.54, 1.807) is 43.3 Å². The second-order valence-electron chi connectivity index (χ2n) is 9.43.